The summed E-state index contributed by atoms with van der Waals surface area (Å²) in [7, 11) is 4.57. The molecule has 11 heteroatoms. The smallest absolute Gasteiger partial charge is 0.493 e. The number of hydrogen-bond donors (Lipinski definition) is 0. The van der Waals surface area contributed by atoms with Crippen LogP contribution in [0.1, 0.15) is 23.8 Å². The van der Waals surface area contributed by atoms with Crippen LogP contribution in [0.15, 0.2) is 36.4 Å². The second-order valence-electron chi connectivity index (χ2n) is 7.70. The maximum Gasteiger partial charge on any atom is 0.573 e. The number of ether oxygens (including phenoxy) is 4. The third-order valence-corrected chi connectivity index (χ3v) is 6.52. The van der Waals surface area contributed by atoms with Gasteiger partial charge in [-0.3, -0.25) is 0 Å². The van der Waals surface area contributed by atoms with Gasteiger partial charge in [0.25, 0.3) is 0 Å². The molecular formula is C23H20F3N3O4S. The Bertz CT molecular complexity index is 1320. The minimum atomic E-state index is -4.76. The van der Waals surface area contributed by atoms with Gasteiger partial charge in [0.1, 0.15) is 22.1 Å². The normalized spacial score (nSPS) is 13.8. The van der Waals surface area contributed by atoms with E-state index in [1.165, 1.54) is 44.8 Å². The van der Waals surface area contributed by atoms with Gasteiger partial charge >= 0.3 is 6.36 Å². The van der Waals surface area contributed by atoms with E-state index in [1.54, 1.807) is 28.8 Å². The summed E-state index contributed by atoms with van der Waals surface area (Å²) in [5, 5.41) is 5.77. The van der Waals surface area contributed by atoms with Gasteiger partial charge in [-0.1, -0.05) is 11.3 Å². The second-order valence-corrected chi connectivity index (χ2v) is 8.69. The lowest BCUT2D eigenvalue weighted by molar-refractivity contribution is -0.274. The molecule has 7 nitrogen and oxygen atoms in total. The lowest BCUT2D eigenvalue weighted by Gasteiger charge is -2.14. The van der Waals surface area contributed by atoms with E-state index in [1.807, 2.05) is 0 Å². The van der Waals surface area contributed by atoms with E-state index in [0.29, 0.717) is 50.6 Å². The molecule has 0 amide bonds. The third kappa shape index (κ3) is 4.11. The number of alkyl halides is 3. The van der Waals surface area contributed by atoms with Crippen molar-refractivity contribution >= 4 is 16.3 Å². The van der Waals surface area contributed by atoms with Gasteiger partial charge in [0.05, 0.1) is 21.3 Å². The first-order chi connectivity index (χ1) is 16.3. The standard InChI is InChI=1S/C23H20F3N3O4S/c1-30-16-10-14(11-17(31-2)20(16)32-3)18-19(12-6-8-15(9-7-12)33-23(24,25)26)29-22(27-18)34-21(28-29)13-4-5-13/h6-11,13H,4-5H2,1-3H3. The Morgan fingerprint density at radius 2 is 1.59 bits per heavy atom. The summed E-state index contributed by atoms with van der Waals surface area (Å²) < 4.78 is 60.0. The summed E-state index contributed by atoms with van der Waals surface area (Å²) in [5.74, 6) is 1.49. The van der Waals surface area contributed by atoms with Crippen molar-refractivity contribution in [2.45, 2.75) is 25.1 Å². The number of methoxy groups -OCH3 is 3. The predicted octanol–water partition coefficient (Wildman–Crippen LogP) is 5.93. The highest BCUT2D eigenvalue weighted by atomic mass is 32.1. The minimum Gasteiger partial charge on any atom is -0.493 e. The van der Waals surface area contributed by atoms with Crippen LogP contribution in [0.3, 0.4) is 0 Å². The SMILES string of the molecule is COc1cc(-c2nc3sc(C4CC4)nn3c2-c2ccc(OC(F)(F)F)cc2)cc(OC)c1OC. The largest absolute Gasteiger partial charge is 0.573 e. The molecule has 1 aliphatic carbocycles. The highest BCUT2D eigenvalue weighted by Crippen LogP contribution is 2.46. The number of benzene rings is 2. The van der Waals surface area contributed by atoms with Gasteiger partial charge in [-0.2, -0.15) is 5.10 Å². The molecule has 0 atom stereocenters. The van der Waals surface area contributed by atoms with Crippen molar-refractivity contribution in [3.63, 3.8) is 0 Å². The molecule has 0 radical (unpaired) electrons. The van der Waals surface area contributed by atoms with Crippen LogP contribution in [0.4, 0.5) is 13.2 Å². The van der Waals surface area contributed by atoms with E-state index in [0.717, 1.165) is 17.8 Å². The summed E-state index contributed by atoms with van der Waals surface area (Å²) in [6.07, 6.45) is -2.58. The highest BCUT2D eigenvalue weighted by Gasteiger charge is 2.32. The van der Waals surface area contributed by atoms with Crippen LogP contribution in [-0.2, 0) is 0 Å². The third-order valence-electron chi connectivity index (χ3n) is 5.45. The van der Waals surface area contributed by atoms with Gasteiger partial charge in [-0.15, -0.1) is 13.2 Å². The Hall–Kier alpha value is -3.47. The number of aromatic nitrogens is 3. The average Bonchev–Trinajstić information content (AvgIpc) is 3.48. The fourth-order valence-electron chi connectivity index (χ4n) is 3.75. The zero-order chi connectivity index (χ0) is 24.0. The summed E-state index contributed by atoms with van der Waals surface area (Å²) in [6.45, 7) is 0. The van der Waals surface area contributed by atoms with Crippen molar-refractivity contribution in [1.29, 1.82) is 0 Å². The van der Waals surface area contributed by atoms with Gasteiger partial charge in [-0.25, -0.2) is 9.50 Å². The molecular weight excluding hydrogens is 471 g/mol. The van der Waals surface area contributed by atoms with Crippen LogP contribution in [0.5, 0.6) is 23.0 Å². The lowest BCUT2D eigenvalue weighted by Crippen LogP contribution is -2.16. The van der Waals surface area contributed by atoms with Crippen molar-refractivity contribution in [3.05, 3.63) is 41.4 Å². The molecule has 4 aromatic rings. The molecule has 2 aromatic carbocycles. The molecule has 34 heavy (non-hydrogen) atoms. The van der Waals surface area contributed by atoms with E-state index in [9.17, 15) is 13.2 Å². The molecule has 0 N–H and O–H groups in total. The average molecular weight is 491 g/mol. The van der Waals surface area contributed by atoms with Crippen LogP contribution in [0, 0.1) is 0 Å². The number of halogens is 3. The van der Waals surface area contributed by atoms with E-state index < -0.39 is 6.36 Å². The Balaban J connectivity index is 1.67. The molecule has 1 aliphatic rings. The monoisotopic (exact) mass is 491 g/mol. The Kier molecular flexibility index (Phi) is 5.51. The Labute approximate surface area is 196 Å². The van der Waals surface area contributed by atoms with Crippen LogP contribution in [0.2, 0.25) is 0 Å². The molecule has 0 aliphatic heterocycles. The first-order valence-corrected chi connectivity index (χ1v) is 11.2. The summed E-state index contributed by atoms with van der Waals surface area (Å²) in [6, 6.07) is 9.22. The minimum absolute atomic E-state index is 0.303. The van der Waals surface area contributed by atoms with Gasteiger partial charge in [-0.05, 0) is 49.2 Å². The van der Waals surface area contributed by atoms with E-state index in [-0.39, 0.29) is 5.75 Å². The number of hydrogen-bond acceptors (Lipinski definition) is 7. The van der Waals surface area contributed by atoms with Crippen molar-refractivity contribution in [1.82, 2.24) is 14.6 Å². The fraction of sp³-hybridized carbons (Fsp3) is 0.304. The molecule has 0 spiro atoms. The summed E-state index contributed by atoms with van der Waals surface area (Å²) in [5.41, 5.74) is 2.56. The van der Waals surface area contributed by atoms with Crippen LogP contribution < -0.4 is 18.9 Å². The molecule has 1 fully saturated rings. The highest BCUT2D eigenvalue weighted by molar-refractivity contribution is 7.16. The fourth-order valence-corrected chi connectivity index (χ4v) is 4.82. The number of rotatable bonds is 7. The van der Waals surface area contributed by atoms with Crippen LogP contribution in [0.25, 0.3) is 27.5 Å². The molecule has 0 bridgehead atoms. The molecule has 1 saturated carbocycles. The van der Waals surface area contributed by atoms with Crippen LogP contribution in [-0.4, -0.2) is 42.3 Å². The zero-order valence-electron chi connectivity index (χ0n) is 18.5. The van der Waals surface area contributed by atoms with E-state index >= 15 is 0 Å². The molecule has 0 unspecified atom stereocenters. The zero-order valence-corrected chi connectivity index (χ0v) is 19.3. The molecule has 178 valence electrons. The first kappa shape index (κ1) is 22.3. The number of imidazole rings is 1. The maximum absolute atomic E-state index is 12.6. The van der Waals surface area contributed by atoms with E-state index in [2.05, 4.69) is 4.74 Å². The topological polar surface area (TPSA) is 67.1 Å². The summed E-state index contributed by atoms with van der Waals surface area (Å²) in [4.78, 5) is 5.53. The van der Waals surface area contributed by atoms with Crippen molar-refractivity contribution in [3.8, 4) is 45.5 Å². The quantitative estimate of drug-likeness (QED) is 0.319. The van der Waals surface area contributed by atoms with Gasteiger partial charge in [0.15, 0.2) is 11.5 Å². The first-order valence-electron chi connectivity index (χ1n) is 10.4. The molecule has 2 aromatic heterocycles. The Morgan fingerprint density at radius 1 is 0.941 bits per heavy atom. The lowest BCUT2D eigenvalue weighted by atomic mass is 10.0. The van der Waals surface area contributed by atoms with Crippen molar-refractivity contribution in [2.75, 3.05) is 21.3 Å². The van der Waals surface area contributed by atoms with Gasteiger partial charge in [0.2, 0.25) is 10.7 Å². The van der Waals surface area contributed by atoms with Crippen molar-refractivity contribution < 1.29 is 32.1 Å². The number of nitrogens with zero attached hydrogens (tertiary/aromatic N) is 3. The molecule has 5 rings (SSSR count). The molecule has 0 saturated heterocycles. The van der Waals surface area contributed by atoms with E-state index in [4.69, 9.17) is 24.3 Å². The van der Waals surface area contributed by atoms with Gasteiger partial charge in [0, 0.05) is 17.0 Å². The predicted molar refractivity (Wildman–Crippen MR) is 120 cm³/mol. The number of fused-ring (bicyclic) bond motifs is 1. The van der Waals surface area contributed by atoms with Crippen molar-refractivity contribution in [2.24, 2.45) is 0 Å². The Morgan fingerprint density at radius 3 is 2.12 bits per heavy atom. The molecule has 2 heterocycles. The summed E-state index contributed by atoms with van der Waals surface area (Å²) >= 11 is 1.51. The maximum atomic E-state index is 12.6. The van der Waals surface area contributed by atoms with Crippen LogP contribution >= 0.6 is 11.3 Å². The van der Waals surface area contributed by atoms with Gasteiger partial charge < -0.3 is 18.9 Å². The second kappa shape index (κ2) is 8.39.